The summed E-state index contributed by atoms with van der Waals surface area (Å²) in [6.45, 7) is 4.42. The van der Waals surface area contributed by atoms with Gasteiger partial charge in [-0.05, 0) is 37.1 Å². The van der Waals surface area contributed by atoms with Gasteiger partial charge in [0, 0.05) is 20.2 Å². The van der Waals surface area contributed by atoms with E-state index in [0.717, 1.165) is 11.1 Å². The van der Waals surface area contributed by atoms with Crippen LogP contribution in [0.4, 0.5) is 0 Å². The number of benzene rings is 2. The molecule has 0 aliphatic carbocycles. The second-order valence-electron chi connectivity index (χ2n) is 5.48. The number of rotatable bonds is 3. The molecular weight excluding hydrogens is 324 g/mol. The Morgan fingerprint density at radius 2 is 1.61 bits per heavy atom. The molecule has 0 saturated heterocycles. The highest BCUT2D eigenvalue weighted by molar-refractivity contribution is 7.36. The number of carbonyl (C=O) groups is 1. The van der Waals surface area contributed by atoms with Crippen molar-refractivity contribution in [1.29, 1.82) is 0 Å². The van der Waals surface area contributed by atoms with Gasteiger partial charge < -0.3 is 4.74 Å². The number of carbonyl (C=O) groups excluding carboxylic acids is 1. The van der Waals surface area contributed by atoms with E-state index >= 15 is 0 Å². The maximum Gasteiger partial charge on any atom is 0.338 e. The van der Waals surface area contributed by atoms with Crippen molar-refractivity contribution < 1.29 is 9.53 Å². The summed E-state index contributed by atoms with van der Waals surface area (Å²) < 4.78 is 10.2. The Labute approximate surface area is 142 Å². The fourth-order valence-corrected chi connectivity index (χ4v) is 5.62. The molecule has 2 aromatic heterocycles. The zero-order valence-electron chi connectivity index (χ0n) is 13.0. The molecule has 0 amide bonds. The van der Waals surface area contributed by atoms with Crippen molar-refractivity contribution in [3.05, 3.63) is 47.5 Å². The molecule has 116 valence electrons. The summed E-state index contributed by atoms with van der Waals surface area (Å²) in [5.41, 5.74) is 2.01. The first kappa shape index (κ1) is 14.7. The molecule has 0 N–H and O–H groups in total. The van der Waals surface area contributed by atoms with E-state index in [2.05, 4.69) is 31.2 Å². The van der Waals surface area contributed by atoms with E-state index in [-0.39, 0.29) is 5.97 Å². The zero-order valence-corrected chi connectivity index (χ0v) is 14.6. The second-order valence-corrected chi connectivity index (χ2v) is 7.58. The van der Waals surface area contributed by atoms with E-state index < -0.39 is 0 Å². The standard InChI is InChI=1S/C19H16O2S2/c1-3-11-5-7-13-15(9-11)22-18-14-8-6-12(19(20)21-4-2)10-16(14)23-17(13)18/h5-10H,3-4H2,1-2H3. The average molecular weight is 340 g/mol. The fraction of sp³-hybridized carbons (Fsp3) is 0.211. The van der Waals surface area contributed by atoms with Crippen molar-refractivity contribution in [2.24, 2.45) is 0 Å². The van der Waals surface area contributed by atoms with Crippen LogP contribution in [-0.2, 0) is 11.2 Å². The summed E-state index contributed by atoms with van der Waals surface area (Å²) in [6.07, 6.45) is 1.06. The normalized spacial score (nSPS) is 11.6. The van der Waals surface area contributed by atoms with Gasteiger partial charge in [0.15, 0.2) is 0 Å². The maximum absolute atomic E-state index is 11.9. The number of thiophene rings is 2. The third-order valence-corrected chi connectivity index (χ3v) is 6.57. The van der Waals surface area contributed by atoms with Crippen molar-refractivity contribution in [2.45, 2.75) is 20.3 Å². The van der Waals surface area contributed by atoms with Crippen LogP contribution in [0.25, 0.3) is 29.6 Å². The Bertz CT molecular complexity index is 1040. The van der Waals surface area contributed by atoms with E-state index in [1.165, 1.54) is 30.4 Å². The smallest absolute Gasteiger partial charge is 0.338 e. The number of esters is 1. The Morgan fingerprint density at radius 3 is 2.26 bits per heavy atom. The number of hydrogen-bond donors (Lipinski definition) is 0. The van der Waals surface area contributed by atoms with E-state index in [9.17, 15) is 4.79 Å². The molecule has 0 aliphatic heterocycles. The SMILES string of the molecule is CCOC(=O)c1ccc2c(c1)sc1c3ccc(CC)cc3sc21. The minimum atomic E-state index is -0.247. The van der Waals surface area contributed by atoms with E-state index in [1.54, 1.807) is 11.3 Å². The van der Waals surface area contributed by atoms with Crippen LogP contribution >= 0.6 is 22.7 Å². The van der Waals surface area contributed by atoms with Gasteiger partial charge in [0.25, 0.3) is 0 Å². The molecule has 0 aliphatic rings. The van der Waals surface area contributed by atoms with E-state index in [1.807, 2.05) is 30.4 Å². The van der Waals surface area contributed by atoms with Crippen molar-refractivity contribution in [3.63, 3.8) is 0 Å². The number of aryl methyl sites for hydroxylation is 1. The molecule has 4 aromatic rings. The van der Waals surface area contributed by atoms with Crippen LogP contribution in [0.5, 0.6) is 0 Å². The minimum Gasteiger partial charge on any atom is -0.462 e. The molecule has 0 atom stereocenters. The monoisotopic (exact) mass is 340 g/mol. The van der Waals surface area contributed by atoms with Crippen LogP contribution in [0.3, 0.4) is 0 Å². The highest BCUT2D eigenvalue weighted by atomic mass is 32.1. The van der Waals surface area contributed by atoms with Gasteiger partial charge in [-0.25, -0.2) is 4.79 Å². The van der Waals surface area contributed by atoms with Gasteiger partial charge in [-0.15, -0.1) is 22.7 Å². The molecule has 0 bridgehead atoms. The third kappa shape index (κ3) is 2.33. The highest BCUT2D eigenvalue weighted by Gasteiger charge is 2.14. The van der Waals surface area contributed by atoms with Crippen molar-refractivity contribution >= 4 is 58.2 Å². The first-order valence-electron chi connectivity index (χ1n) is 7.76. The van der Waals surface area contributed by atoms with Crippen LogP contribution in [-0.4, -0.2) is 12.6 Å². The van der Waals surface area contributed by atoms with Crippen molar-refractivity contribution in [1.82, 2.24) is 0 Å². The molecule has 2 heterocycles. The molecule has 4 heteroatoms. The molecule has 23 heavy (non-hydrogen) atoms. The van der Waals surface area contributed by atoms with E-state index in [4.69, 9.17) is 4.74 Å². The molecule has 4 rings (SSSR count). The Hall–Kier alpha value is -1.91. The van der Waals surface area contributed by atoms with Gasteiger partial charge in [0.2, 0.25) is 0 Å². The first-order chi connectivity index (χ1) is 11.2. The topological polar surface area (TPSA) is 26.3 Å². The lowest BCUT2D eigenvalue weighted by Crippen LogP contribution is -2.03. The summed E-state index contributed by atoms with van der Waals surface area (Å²) in [5, 5.41) is 2.55. The Balaban J connectivity index is 1.92. The Kier molecular flexibility index (Phi) is 3.58. The lowest BCUT2D eigenvalue weighted by Gasteiger charge is -2.01. The van der Waals surface area contributed by atoms with Crippen LogP contribution in [0, 0.1) is 0 Å². The van der Waals surface area contributed by atoms with Crippen LogP contribution < -0.4 is 0 Å². The van der Waals surface area contributed by atoms with Crippen LogP contribution in [0.1, 0.15) is 29.8 Å². The van der Waals surface area contributed by atoms with Gasteiger partial charge in [-0.3, -0.25) is 0 Å². The van der Waals surface area contributed by atoms with Gasteiger partial charge in [-0.1, -0.05) is 25.1 Å². The molecule has 0 saturated carbocycles. The molecule has 2 nitrogen and oxygen atoms in total. The van der Waals surface area contributed by atoms with E-state index in [0.29, 0.717) is 12.2 Å². The van der Waals surface area contributed by atoms with Crippen LogP contribution in [0.15, 0.2) is 36.4 Å². The Morgan fingerprint density at radius 1 is 0.957 bits per heavy atom. The van der Waals surface area contributed by atoms with Gasteiger partial charge >= 0.3 is 5.97 Å². The van der Waals surface area contributed by atoms with Gasteiger partial charge in [-0.2, -0.15) is 0 Å². The number of ether oxygens (including phenoxy) is 1. The summed E-state index contributed by atoms with van der Waals surface area (Å²) in [7, 11) is 0. The highest BCUT2D eigenvalue weighted by Crippen LogP contribution is 2.44. The largest absolute Gasteiger partial charge is 0.462 e. The first-order valence-corrected chi connectivity index (χ1v) is 9.39. The quantitative estimate of drug-likeness (QED) is 0.427. The summed E-state index contributed by atoms with van der Waals surface area (Å²) >= 11 is 3.61. The lowest BCUT2D eigenvalue weighted by molar-refractivity contribution is 0.0526. The second kappa shape index (κ2) is 5.62. The molecule has 0 radical (unpaired) electrons. The molecule has 0 spiro atoms. The average Bonchev–Trinajstić information content (AvgIpc) is 3.09. The fourth-order valence-electron chi connectivity index (χ4n) is 2.86. The summed E-state index contributed by atoms with van der Waals surface area (Å²) in [6, 6.07) is 12.6. The molecule has 0 unspecified atom stereocenters. The third-order valence-electron chi connectivity index (χ3n) is 4.07. The van der Waals surface area contributed by atoms with Gasteiger partial charge in [0.1, 0.15) is 0 Å². The number of fused-ring (bicyclic) bond motifs is 5. The predicted molar refractivity (Wildman–Crippen MR) is 100 cm³/mol. The van der Waals surface area contributed by atoms with Gasteiger partial charge in [0.05, 0.1) is 21.6 Å². The molecule has 2 aromatic carbocycles. The van der Waals surface area contributed by atoms with Crippen molar-refractivity contribution in [3.8, 4) is 0 Å². The maximum atomic E-state index is 11.9. The molecule has 0 fully saturated rings. The lowest BCUT2D eigenvalue weighted by atomic mass is 10.1. The summed E-state index contributed by atoms with van der Waals surface area (Å²) in [4.78, 5) is 11.9. The zero-order chi connectivity index (χ0) is 16.0. The molecular formula is C19H16O2S2. The number of hydrogen-bond acceptors (Lipinski definition) is 4. The summed E-state index contributed by atoms with van der Waals surface area (Å²) in [5.74, 6) is -0.247. The minimum absolute atomic E-state index is 0.247. The predicted octanol–water partition coefficient (Wildman–Crippen LogP) is 6.01. The van der Waals surface area contributed by atoms with Crippen LogP contribution in [0.2, 0.25) is 0 Å². The van der Waals surface area contributed by atoms with Crippen molar-refractivity contribution in [2.75, 3.05) is 6.61 Å².